The van der Waals surface area contributed by atoms with E-state index < -0.39 is 9.84 Å². The van der Waals surface area contributed by atoms with Gasteiger partial charge in [0.15, 0.2) is 9.84 Å². The van der Waals surface area contributed by atoms with E-state index >= 15 is 0 Å². The van der Waals surface area contributed by atoms with Crippen LogP contribution in [0.2, 0.25) is 0 Å². The zero-order valence-corrected chi connectivity index (χ0v) is 31.6. The molecule has 8 nitrogen and oxygen atoms in total. The maximum atomic E-state index is 12.5. The summed E-state index contributed by atoms with van der Waals surface area (Å²) in [4.78, 5) is 14.3. The van der Waals surface area contributed by atoms with Gasteiger partial charge in [-0.15, -0.1) is 0 Å². The quantitative estimate of drug-likeness (QED) is 0.149. The summed E-state index contributed by atoms with van der Waals surface area (Å²) in [5.74, 6) is 0.124. The molecule has 0 spiro atoms. The highest BCUT2D eigenvalue weighted by Crippen LogP contribution is 2.38. The summed E-state index contributed by atoms with van der Waals surface area (Å²) in [6.07, 6.45) is 12.3. The molecule has 49 heavy (non-hydrogen) atoms. The molecule has 0 aliphatic heterocycles. The maximum absolute atomic E-state index is 12.5. The first kappa shape index (κ1) is 39.1. The van der Waals surface area contributed by atoms with Crippen molar-refractivity contribution in [2.45, 2.75) is 146 Å². The van der Waals surface area contributed by atoms with Crippen molar-refractivity contribution >= 4 is 9.84 Å². The van der Waals surface area contributed by atoms with Gasteiger partial charge in [-0.2, -0.15) is 0 Å². The van der Waals surface area contributed by atoms with Crippen molar-refractivity contribution in [3.63, 3.8) is 0 Å². The highest BCUT2D eigenvalue weighted by Gasteiger charge is 2.33. The second-order valence-electron chi connectivity index (χ2n) is 16.3. The molecular formula is C40H59N3O5S. The van der Waals surface area contributed by atoms with E-state index in [2.05, 4.69) is 82.7 Å². The van der Waals surface area contributed by atoms with Gasteiger partial charge in [-0.05, 0) is 86.8 Å². The summed E-state index contributed by atoms with van der Waals surface area (Å²) in [5, 5.41) is 19.5. The van der Waals surface area contributed by atoms with Crippen LogP contribution in [0, 0.1) is 0 Å². The number of hydrogen-bond donors (Lipinski definition) is 2. The molecule has 3 heterocycles. The number of rotatable bonds is 16. The average molecular weight is 694 g/mol. The van der Waals surface area contributed by atoms with E-state index in [1.807, 2.05) is 18.5 Å². The first-order valence-corrected chi connectivity index (χ1v) is 19.7. The van der Waals surface area contributed by atoms with Gasteiger partial charge in [0, 0.05) is 77.5 Å². The number of nitrogens with zero attached hydrogens (tertiary/aromatic N) is 3. The van der Waals surface area contributed by atoms with Crippen molar-refractivity contribution in [2.75, 3.05) is 19.0 Å². The molecule has 3 unspecified atom stereocenters. The Morgan fingerprint density at radius 1 is 0.776 bits per heavy atom. The molecule has 3 aromatic heterocycles. The van der Waals surface area contributed by atoms with E-state index in [4.69, 9.17) is 14.8 Å². The number of aliphatic hydroxyl groups excluding tert-OH is 2. The van der Waals surface area contributed by atoms with Crippen LogP contribution in [0.1, 0.15) is 134 Å². The Morgan fingerprint density at radius 3 is 1.96 bits per heavy atom. The van der Waals surface area contributed by atoms with Gasteiger partial charge >= 0.3 is 0 Å². The molecule has 0 bridgehead atoms. The SMILES string of the molecule is CC(C)(C)c1ccc(CCCCOC2CC(O)CCC2c2ccc(C(C)(C)CCC(C)(C)c3ccc(S(=O)(=O)CCCO)cn3)nc2)cn1. The minimum atomic E-state index is -3.45. The fraction of sp³-hybridized carbons (Fsp3) is 0.625. The van der Waals surface area contributed by atoms with Crippen molar-refractivity contribution in [3.8, 4) is 0 Å². The number of unbranched alkanes of at least 4 members (excludes halogenated alkanes) is 1. The van der Waals surface area contributed by atoms with E-state index in [9.17, 15) is 13.5 Å². The number of pyridine rings is 3. The Labute approximate surface area is 295 Å². The molecule has 1 saturated carbocycles. The van der Waals surface area contributed by atoms with Gasteiger partial charge in [-0.3, -0.25) is 15.0 Å². The minimum Gasteiger partial charge on any atom is -0.396 e. The summed E-state index contributed by atoms with van der Waals surface area (Å²) in [7, 11) is -3.45. The molecule has 270 valence electrons. The Balaban J connectivity index is 1.31. The summed E-state index contributed by atoms with van der Waals surface area (Å²) >= 11 is 0. The summed E-state index contributed by atoms with van der Waals surface area (Å²) < 4.78 is 31.4. The number of aryl methyl sites for hydroxylation is 1. The van der Waals surface area contributed by atoms with Crippen LogP contribution in [0.15, 0.2) is 59.9 Å². The van der Waals surface area contributed by atoms with Crippen LogP contribution in [0.4, 0.5) is 0 Å². The highest BCUT2D eigenvalue weighted by atomic mass is 32.2. The number of hydrogen-bond acceptors (Lipinski definition) is 8. The lowest BCUT2D eigenvalue weighted by molar-refractivity contribution is -0.0291. The molecule has 1 aliphatic rings. The highest BCUT2D eigenvalue weighted by molar-refractivity contribution is 7.91. The summed E-state index contributed by atoms with van der Waals surface area (Å²) in [5.41, 5.74) is 5.04. The molecule has 0 amide bonds. The second-order valence-corrected chi connectivity index (χ2v) is 18.4. The molecule has 0 aromatic carbocycles. The Bertz CT molecular complexity index is 1560. The van der Waals surface area contributed by atoms with Gasteiger partial charge in [0.25, 0.3) is 0 Å². The third-order valence-corrected chi connectivity index (χ3v) is 12.0. The Kier molecular flexibility index (Phi) is 13.2. The lowest BCUT2D eigenvalue weighted by atomic mass is 9.75. The van der Waals surface area contributed by atoms with Crippen molar-refractivity contribution in [3.05, 3.63) is 83.2 Å². The predicted octanol–water partition coefficient (Wildman–Crippen LogP) is 7.40. The molecule has 4 rings (SSSR count). The van der Waals surface area contributed by atoms with Gasteiger partial charge in [-0.25, -0.2) is 8.42 Å². The number of aromatic nitrogens is 3. The van der Waals surface area contributed by atoms with Gasteiger partial charge in [0.1, 0.15) is 0 Å². The van der Waals surface area contributed by atoms with Crippen LogP contribution in [0.5, 0.6) is 0 Å². The van der Waals surface area contributed by atoms with Crippen LogP contribution in [0.3, 0.4) is 0 Å². The molecule has 3 atom stereocenters. The van der Waals surface area contributed by atoms with E-state index in [0.717, 1.165) is 62.0 Å². The topological polar surface area (TPSA) is 122 Å². The van der Waals surface area contributed by atoms with Crippen LogP contribution in [-0.2, 0) is 37.2 Å². The van der Waals surface area contributed by atoms with E-state index in [1.54, 1.807) is 6.07 Å². The van der Waals surface area contributed by atoms with Gasteiger partial charge in [-0.1, -0.05) is 60.6 Å². The lowest BCUT2D eigenvalue weighted by Gasteiger charge is -2.35. The van der Waals surface area contributed by atoms with Crippen molar-refractivity contribution < 1.29 is 23.4 Å². The summed E-state index contributed by atoms with van der Waals surface area (Å²) in [6, 6.07) is 12.1. The predicted molar refractivity (Wildman–Crippen MR) is 196 cm³/mol. The zero-order chi connectivity index (χ0) is 35.9. The largest absolute Gasteiger partial charge is 0.396 e. The minimum absolute atomic E-state index is 0.0264. The van der Waals surface area contributed by atoms with E-state index in [1.165, 1.54) is 17.3 Å². The molecule has 3 aromatic rings. The van der Waals surface area contributed by atoms with Crippen LogP contribution < -0.4 is 0 Å². The third kappa shape index (κ3) is 10.9. The van der Waals surface area contributed by atoms with Gasteiger partial charge in [0.2, 0.25) is 0 Å². The first-order valence-electron chi connectivity index (χ1n) is 18.0. The Morgan fingerprint density at radius 2 is 1.41 bits per heavy atom. The normalized spacial score (nSPS) is 19.2. The molecule has 0 radical (unpaired) electrons. The van der Waals surface area contributed by atoms with Crippen LogP contribution in [0.25, 0.3) is 0 Å². The van der Waals surface area contributed by atoms with Gasteiger partial charge in [0.05, 0.1) is 22.9 Å². The smallest absolute Gasteiger partial charge is 0.179 e. The Hall–Kier alpha value is -2.72. The van der Waals surface area contributed by atoms with Gasteiger partial charge < -0.3 is 14.9 Å². The molecule has 0 saturated heterocycles. The number of sulfone groups is 1. The van der Waals surface area contributed by atoms with Crippen molar-refractivity contribution in [1.82, 2.24) is 15.0 Å². The van der Waals surface area contributed by atoms with E-state index in [-0.39, 0.29) is 58.0 Å². The van der Waals surface area contributed by atoms with Crippen LogP contribution >= 0.6 is 0 Å². The van der Waals surface area contributed by atoms with Crippen molar-refractivity contribution in [2.24, 2.45) is 0 Å². The fourth-order valence-electron chi connectivity index (χ4n) is 6.60. The van der Waals surface area contributed by atoms with E-state index in [0.29, 0.717) is 13.0 Å². The molecular weight excluding hydrogens is 635 g/mol. The number of aliphatic hydroxyl groups is 2. The second kappa shape index (κ2) is 16.5. The number of ether oxygens (including phenoxy) is 1. The molecule has 9 heteroatoms. The lowest BCUT2D eigenvalue weighted by Crippen LogP contribution is -2.33. The molecule has 2 N–H and O–H groups in total. The monoisotopic (exact) mass is 693 g/mol. The molecule has 1 fully saturated rings. The third-order valence-electron chi connectivity index (χ3n) is 10.2. The average Bonchev–Trinajstić information content (AvgIpc) is 3.06. The molecule has 1 aliphatic carbocycles. The standard InChI is InChI=1S/C40H59N3O5S/c1-38(2,3)35-17-12-29(26-41-35)11-8-9-23-48-34-25-31(45)14-16-33(34)30-13-18-36(42-27-30)39(4,5)20-21-40(6,7)37-19-15-32(28-43-37)49(46,47)24-10-22-44/h12-13,15,17-19,26-28,31,33-34,44-45H,8-11,14,16,20-25H2,1-7H3. The summed E-state index contributed by atoms with van der Waals surface area (Å²) in [6.45, 7) is 15.8. The fourth-order valence-corrected chi connectivity index (χ4v) is 7.83. The first-order chi connectivity index (χ1) is 23.0. The van der Waals surface area contributed by atoms with Crippen molar-refractivity contribution in [1.29, 1.82) is 0 Å². The zero-order valence-electron chi connectivity index (χ0n) is 30.8. The maximum Gasteiger partial charge on any atom is 0.179 e. The van der Waals surface area contributed by atoms with Crippen LogP contribution in [-0.4, -0.2) is 64.8 Å².